The van der Waals surface area contributed by atoms with Gasteiger partial charge in [0.2, 0.25) is 0 Å². The number of aryl methyl sites for hydroxylation is 1. The van der Waals surface area contributed by atoms with Gasteiger partial charge in [-0.3, -0.25) is 9.88 Å². The summed E-state index contributed by atoms with van der Waals surface area (Å²) in [5.74, 6) is 0. The molecule has 0 saturated heterocycles. The fourth-order valence-electron chi connectivity index (χ4n) is 3.29. The molecule has 0 bridgehead atoms. The van der Waals surface area contributed by atoms with Gasteiger partial charge in [0.25, 0.3) is 0 Å². The van der Waals surface area contributed by atoms with Gasteiger partial charge in [-0.05, 0) is 73.2 Å². The molecule has 2 nitrogen and oxygen atoms in total. The average Bonchev–Trinajstić information content (AvgIpc) is 2.66. The Morgan fingerprint density at radius 3 is 2.54 bits per heavy atom. The second-order valence-electron chi connectivity index (χ2n) is 6.67. The van der Waals surface area contributed by atoms with E-state index in [1.54, 1.807) is 6.07 Å². The Morgan fingerprint density at radius 1 is 1.04 bits per heavy atom. The summed E-state index contributed by atoms with van der Waals surface area (Å²) in [4.78, 5) is 6.39. The van der Waals surface area contributed by atoms with E-state index in [9.17, 15) is 13.2 Å². The first-order valence-corrected chi connectivity index (χ1v) is 9.00. The molecule has 1 aliphatic heterocycles. The molecule has 1 aliphatic rings. The van der Waals surface area contributed by atoms with Crippen molar-refractivity contribution >= 4 is 5.57 Å². The third-order valence-corrected chi connectivity index (χ3v) is 4.79. The van der Waals surface area contributed by atoms with Crippen molar-refractivity contribution in [3.05, 3.63) is 71.6 Å². The summed E-state index contributed by atoms with van der Waals surface area (Å²) in [5, 5.41) is 0. The molecule has 0 fully saturated rings. The Bertz CT molecular complexity index is 738. The van der Waals surface area contributed by atoms with Crippen molar-refractivity contribution in [2.75, 3.05) is 19.6 Å². The van der Waals surface area contributed by atoms with Gasteiger partial charge >= 0.3 is 6.18 Å². The van der Waals surface area contributed by atoms with Gasteiger partial charge in [-0.15, -0.1) is 0 Å². The molecule has 0 amide bonds. The van der Waals surface area contributed by atoms with E-state index in [-0.39, 0.29) is 0 Å². The highest BCUT2D eigenvalue weighted by molar-refractivity contribution is 5.67. The first-order chi connectivity index (χ1) is 12.5. The molecule has 0 N–H and O–H groups in total. The van der Waals surface area contributed by atoms with Gasteiger partial charge in [0.05, 0.1) is 5.56 Å². The van der Waals surface area contributed by atoms with E-state index in [1.165, 1.54) is 17.7 Å². The number of rotatable bonds is 6. The number of unbranched alkanes of at least 4 members (excludes halogenated alkanes) is 1. The SMILES string of the molecule is FC(F)(F)c1cccc(C2=CCN(CCCCc3ccncc3)CC2)c1. The normalized spacial score (nSPS) is 15.7. The monoisotopic (exact) mass is 360 g/mol. The van der Waals surface area contributed by atoms with Crippen LogP contribution in [0, 0.1) is 0 Å². The smallest absolute Gasteiger partial charge is 0.299 e. The van der Waals surface area contributed by atoms with E-state index in [4.69, 9.17) is 0 Å². The van der Waals surface area contributed by atoms with Crippen LogP contribution in [0.3, 0.4) is 0 Å². The lowest BCUT2D eigenvalue weighted by Gasteiger charge is -2.26. The van der Waals surface area contributed by atoms with Crippen molar-refractivity contribution in [2.45, 2.75) is 31.9 Å². The third kappa shape index (κ3) is 5.18. The van der Waals surface area contributed by atoms with Crippen LogP contribution in [0.1, 0.15) is 36.0 Å². The van der Waals surface area contributed by atoms with Crippen LogP contribution < -0.4 is 0 Å². The van der Waals surface area contributed by atoms with Gasteiger partial charge in [-0.1, -0.05) is 18.2 Å². The molecule has 138 valence electrons. The molecule has 0 atom stereocenters. The molecule has 0 radical (unpaired) electrons. The highest BCUT2D eigenvalue weighted by atomic mass is 19.4. The van der Waals surface area contributed by atoms with Crippen LogP contribution in [-0.4, -0.2) is 29.5 Å². The van der Waals surface area contributed by atoms with Crippen molar-refractivity contribution in [2.24, 2.45) is 0 Å². The van der Waals surface area contributed by atoms with Gasteiger partial charge in [-0.2, -0.15) is 13.2 Å². The number of halogens is 3. The van der Waals surface area contributed by atoms with Crippen LogP contribution >= 0.6 is 0 Å². The molecular formula is C21H23F3N2. The summed E-state index contributed by atoms with van der Waals surface area (Å²) in [6, 6.07) is 9.74. The summed E-state index contributed by atoms with van der Waals surface area (Å²) in [7, 11) is 0. The van der Waals surface area contributed by atoms with Crippen molar-refractivity contribution in [3.8, 4) is 0 Å². The molecule has 5 heteroatoms. The maximum absolute atomic E-state index is 12.9. The van der Waals surface area contributed by atoms with E-state index < -0.39 is 11.7 Å². The lowest BCUT2D eigenvalue weighted by atomic mass is 9.97. The highest BCUT2D eigenvalue weighted by Crippen LogP contribution is 2.32. The Balaban J connectivity index is 1.48. The Morgan fingerprint density at radius 2 is 1.85 bits per heavy atom. The molecule has 2 heterocycles. The minimum atomic E-state index is -4.29. The zero-order valence-electron chi connectivity index (χ0n) is 14.7. The minimum absolute atomic E-state index is 0.575. The fourth-order valence-corrected chi connectivity index (χ4v) is 3.29. The van der Waals surface area contributed by atoms with Crippen LogP contribution in [0.5, 0.6) is 0 Å². The number of alkyl halides is 3. The summed E-state index contributed by atoms with van der Waals surface area (Å²) in [6.07, 6.45) is 5.53. The average molecular weight is 360 g/mol. The number of benzene rings is 1. The van der Waals surface area contributed by atoms with Crippen molar-refractivity contribution < 1.29 is 13.2 Å². The summed E-state index contributed by atoms with van der Waals surface area (Å²) < 4.78 is 38.6. The topological polar surface area (TPSA) is 16.1 Å². The molecule has 0 unspecified atom stereocenters. The second-order valence-corrected chi connectivity index (χ2v) is 6.67. The lowest BCUT2D eigenvalue weighted by Crippen LogP contribution is -2.29. The predicted molar refractivity (Wildman–Crippen MR) is 97.7 cm³/mol. The number of aromatic nitrogens is 1. The molecule has 26 heavy (non-hydrogen) atoms. The van der Waals surface area contributed by atoms with Gasteiger partial charge in [0.15, 0.2) is 0 Å². The maximum atomic E-state index is 12.9. The molecule has 2 aromatic rings. The van der Waals surface area contributed by atoms with Crippen LogP contribution in [0.2, 0.25) is 0 Å². The third-order valence-electron chi connectivity index (χ3n) is 4.79. The van der Waals surface area contributed by atoms with Crippen LogP contribution in [0.4, 0.5) is 13.2 Å². The van der Waals surface area contributed by atoms with Crippen LogP contribution in [-0.2, 0) is 12.6 Å². The maximum Gasteiger partial charge on any atom is 0.416 e. The lowest BCUT2D eigenvalue weighted by molar-refractivity contribution is -0.137. The van der Waals surface area contributed by atoms with E-state index in [0.717, 1.165) is 57.0 Å². The van der Waals surface area contributed by atoms with E-state index >= 15 is 0 Å². The largest absolute Gasteiger partial charge is 0.416 e. The Hall–Kier alpha value is -2.14. The number of pyridine rings is 1. The molecule has 0 saturated carbocycles. The van der Waals surface area contributed by atoms with E-state index in [1.807, 2.05) is 24.5 Å². The molecule has 0 aliphatic carbocycles. The first kappa shape index (κ1) is 18.6. The Kier molecular flexibility index (Phi) is 6.09. The minimum Gasteiger partial charge on any atom is -0.299 e. The zero-order valence-corrected chi connectivity index (χ0v) is 14.7. The molecule has 1 aromatic heterocycles. The second kappa shape index (κ2) is 8.49. The van der Waals surface area contributed by atoms with Crippen molar-refractivity contribution in [1.29, 1.82) is 0 Å². The fraction of sp³-hybridized carbons (Fsp3) is 0.381. The van der Waals surface area contributed by atoms with Crippen LogP contribution in [0.25, 0.3) is 5.57 Å². The predicted octanol–water partition coefficient (Wildman–Crippen LogP) is 5.21. The van der Waals surface area contributed by atoms with Gasteiger partial charge < -0.3 is 0 Å². The Labute approximate surface area is 152 Å². The standard InChI is InChI=1S/C21H23F3N2/c22-21(23,24)20-6-3-5-19(16-20)18-9-14-26(15-10-18)13-2-1-4-17-7-11-25-12-8-17/h3,5-9,11-12,16H,1-2,4,10,13-15H2. The zero-order chi connectivity index (χ0) is 18.4. The van der Waals surface area contributed by atoms with Gasteiger partial charge in [0, 0.05) is 25.5 Å². The number of hydrogen-bond acceptors (Lipinski definition) is 2. The highest BCUT2D eigenvalue weighted by Gasteiger charge is 2.30. The summed E-state index contributed by atoms with van der Waals surface area (Å²) in [5.41, 5.74) is 2.45. The van der Waals surface area contributed by atoms with Gasteiger partial charge in [0.1, 0.15) is 0 Å². The molecular weight excluding hydrogens is 337 g/mol. The number of nitrogens with zero attached hydrogens (tertiary/aromatic N) is 2. The molecule has 0 spiro atoms. The van der Waals surface area contributed by atoms with E-state index in [0.29, 0.717) is 5.56 Å². The molecule has 1 aromatic carbocycles. The molecule has 3 rings (SSSR count). The summed E-state index contributed by atoms with van der Waals surface area (Å²) in [6.45, 7) is 2.73. The van der Waals surface area contributed by atoms with E-state index in [2.05, 4.69) is 16.0 Å². The quantitative estimate of drug-likeness (QED) is 0.657. The summed E-state index contributed by atoms with van der Waals surface area (Å²) >= 11 is 0. The van der Waals surface area contributed by atoms with Crippen LogP contribution in [0.15, 0.2) is 54.9 Å². The van der Waals surface area contributed by atoms with Gasteiger partial charge in [-0.25, -0.2) is 0 Å². The van der Waals surface area contributed by atoms with Crippen molar-refractivity contribution in [1.82, 2.24) is 9.88 Å². The number of hydrogen-bond donors (Lipinski definition) is 0. The van der Waals surface area contributed by atoms with Crippen molar-refractivity contribution in [3.63, 3.8) is 0 Å². The first-order valence-electron chi connectivity index (χ1n) is 9.00.